The molecule has 1 N–H and O–H groups in total. The van der Waals surface area contributed by atoms with Crippen molar-refractivity contribution in [3.8, 4) is 6.07 Å². The molecule has 8 heteroatoms. The average molecular weight is 320 g/mol. The molecule has 0 saturated carbocycles. The zero-order chi connectivity index (χ0) is 17.1. The molecule has 0 fully saturated rings. The highest BCUT2D eigenvalue weighted by Crippen LogP contribution is 2.11. The molecule has 2 aromatic rings. The molecule has 1 aromatic carbocycles. The van der Waals surface area contributed by atoms with Crippen LogP contribution in [0.4, 0.5) is 14.6 Å². The lowest BCUT2D eigenvalue weighted by Gasteiger charge is -2.13. The summed E-state index contributed by atoms with van der Waals surface area (Å²) in [4.78, 5) is 23.8. The van der Waals surface area contributed by atoms with E-state index in [1.807, 2.05) is 0 Å². The summed E-state index contributed by atoms with van der Waals surface area (Å²) in [6.07, 6.45) is 0.195. The van der Waals surface area contributed by atoms with E-state index in [2.05, 4.69) is 5.32 Å². The Balaban J connectivity index is 2.26. The Labute approximate surface area is 130 Å². The number of nitrogens with zero attached hydrogens (tertiary/aromatic N) is 3. The first kappa shape index (κ1) is 16.4. The minimum atomic E-state index is -0.703. The summed E-state index contributed by atoms with van der Waals surface area (Å²) < 4.78 is 28.4. The monoisotopic (exact) mass is 320 g/mol. The second kappa shape index (κ2) is 6.44. The molecule has 0 aliphatic rings. The highest BCUT2D eigenvalue weighted by Gasteiger charge is 2.15. The first-order valence-electron chi connectivity index (χ1n) is 6.74. The fourth-order valence-corrected chi connectivity index (χ4v) is 2.19. The van der Waals surface area contributed by atoms with Gasteiger partial charge in [-0.05, 0) is 18.1 Å². The summed E-state index contributed by atoms with van der Waals surface area (Å²) in [5.74, 6) is -1.27. The molecule has 0 bridgehead atoms. The van der Waals surface area contributed by atoms with Gasteiger partial charge in [0.1, 0.15) is 23.5 Å². The van der Waals surface area contributed by atoms with Crippen LogP contribution in [0.15, 0.2) is 27.8 Å². The zero-order valence-corrected chi connectivity index (χ0v) is 12.6. The first-order chi connectivity index (χ1) is 10.9. The van der Waals surface area contributed by atoms with E-state index in [4.69, 9.17) is 5.26 Å². The molecule has 23 heavy (non-hydrogen) atoms. The normalized spacial score (nSPS) is 10.4. The maximum Gasteiger partial charge on any atom is 0.332 e. The third kappa shape index (κ3) is 3.13. The topological polar surface area (TPSA) is 79.8 Å². The molecule has 6 nitrogen and oxygen atoms in total. The van der Waals surface area contributed by atoms with Crippen LogP contribution in [-0.2, 0) is 20.5 Å². The maximum atomic E-state index is 13.6. The lowest BCUT2D eigenvalue weighted by Crippen LogP contribution is -2.40. The van der Waals surface area contributed by atoms with E-state index in [-0.39, 0.29) is 29.9 Å². The van der Waals surface area contributed by atoms with Gasteiger partial charge in [-0.1, -0.05) is 6.07 Å². The minimum absolute atomic E-state index is 0.0723. The zero-order valence-electron chi connectivity index (χ0n) is 12.6. The van der Waals surface area contributed by atoms with Gasteiger partial charge in [-0.25, -0.2) is 13.6 Å². The van der Waals surface area contributed by atoms with E-state index in [1.54, 1.807) is 6.07 Å². The second-order valence-corrected chi connectivity index (χ2v) is 4.95. The molecule has 0 unspecified atom stereocenters. The van der Waals surface area contributed by atoms with Crippen LogP contribution in [-0.4, -0.2) is 15.7 Å². The minimum Gasteiger partial charge on any atom is -0.370 e. The van der Waals surface area contributed by atoms with Gasteiger partial charge in [0.2, 0.25) is 0 Å². The summed E-state index contributed by atoms with van der Waals surface area (Å²) >= 11 is 0. The molecule has 2 rings (SSSR count). The van der Waals surface area contributed by atoms with E-state index in [1.165, 1.54) is 20.2 Å². The van der Waals surface area contributed by atoms with Gasteiger partial charge in [-0.2, -0.15) is 5.26 Å². The van der Waals surface area contributed by atoms with E-state index >= 15 is 0 Å². The molecule has 0 spiro atoms. The van der Waals surface area contributed by atoms with Crippen LogP contribution in [0.2, 0.25) is 0 Å². The molecule has 1 aromatic heterocycles. The third-order valence-electron chi connectivity index (χ3n) is 3.48. The van der Waals surface area contributed by atoms with E-state index in [0.717, 1.165) is 21.3 Å². The van der Waals surface area contributed by atoms with Gasteiger partial charge in [0.05, 0.1) is 0 Å². The van der Waals surface area contributed by atoms with Crippen molar-refractivity contribution in [1.82, 2.24) is 9.13 Å². The van der Waals surface area contributed by atoms with Crippen molar-refractivity contribution in [2.24, 2.45) is 14.1 Å². The third-order valence-corrected chi connectivity index (χ3v) is 3.48. The summed E-state index contributed by atoms with van der Waals surface area (Å²) in [5, 5.41) is 11.9. The SMILES string of the molecule is Cn1c(NCCc2ccc(F)cc2F)c(C#N)c(=O)n(C)c1=O. The van der Waals surface area contributed by atoms with Crippen molar-refractivity contribution in [3.05, 3.63) is 61.8 Å². The second-order valence-electron chi connectivity index (χ2n) is 4.95. The van der Waals surface area contributed by atoms with Crippen LogP contribution in [0.25, 0.3) is 0 Å². The number of anilines is 1. The van der Waals surface area contributed by atoms with E-state index in [0.29, 0.717) is 0 Å². The number of halogens is 2. The highest BCUT2D eigenvalue weighted by atomic mass is 19.1. The van der Waals surface area contributed by atoms with Crippen molar-refractivity contribution in [3.63, 3.8) is 0 Å². The molecule has 120 valence electrons. The number of nitrogens with one attached hydrogen (secondary N) is 1. The van der Waals surface area contributed by atoms with Crippen molar-refractivity contribution in [2.75, 3.05) is 11.9 Å². The van der Waals surface area contributed by atoms with Crippen LogP contribution in [0.3, 0.4) is 0 Å². The quantitative estimate of drug-likeness (QED) is 0.907. The smallest absolute Gasteiger partial charge is 0.332 e. The number of aromatic nitrogens is 2. The molecule has 0 saturated heterocycles. The number of hydrogen-bond donors (Lipinski definition) is 1. The lowest BCUT2D eigenvalue weighted by molar-refractivity contribution is 0.572. The molecular formula is C15H14F2N4O2. The molecule has 0 radical (unpaired) electrons. The van der Waals surface area contributed by atoms with E-state index < -0.39 is 22.9 Å². The lowest BCUT2D eigenvalue weighted by atomic mass is 10.1. The Bertz CT molecular complexity index is 909. The van der Waals surface area contributed by atoms with Gasteiger partial charge >= 0.3 is 5.69 Å². The van der Waals surface area contributed by atoms with E-state index in [9.17, 15) is 18.4 Å². The predicted molar refractivity (Wildman–Crippen MR) is 80.2 cm³/mol. The Morgan fingerprint density at radius 2 is 1.91 bits per heavy atom. The van der Waals surface area contributed by atoms with Crippen LogP contribution in [0.5, 0.6) is 0 Å². The van der Waals surface area contributed by atoms with Gasteiger partial charge in [-0.3, -0.25) is 13.9 Å². The molecular weight excluding hydrogens is 306 g/mol. The van der Waals surface area contributed by atoms with Crippen LogP contribution < -0.4 is 16.6 Å². The standard InChI is InChI=1S/C15H14F2N4O2/c1-20-13(11(8-18)14(22)21(2)15(20)23)19-6-5-9-3-4-10(16)7-12(9)17/h3-4,7,19H,5-6H2,1-2H3. The summed E-state index contributed by atoms with van der Waals surface area (Å²) in [7, 11) is 2.70. The summed E-state index contributed by atoms with van der Waals surface area (Å²) in [6.45, 7) is 0.164. The van der Waals surface area contributed by atoms with Crippen molar-refractivity contribution in [1.29, 1.82) is 5.26 Å². The van der Waals surface area contributed by atoms with Gasteiger partial charge in [0.15, 0.2) is 5.56 Å². The Morgan fingerprint density at radius 1 is 1.22 bits per heavy atom. The molecule has 0 aliphatic heterocycles. The predicted octanol–water partition coefficient (Wildman–Crippen LogP) is 0.888. The molecule has 0 aliphatic carbocycles. The van der Waals surface area contributed by atoms with Gasteiger partial charge in [0.25, 0.3) is 5.56 Å². The fourth-order valence-electron chi connectivity index (χ4n) is 2.19. The number of hydrogen-bond acceptors (Lipinski definition) is 4. The van der Waals surface area contributed by atoms with Crippen molar-refractivity contribution >= 4 is 5.82 Å². The van der Waals surface area contributed by atoms with Gasteiger partial charge in [0, 0.05) is 26.7 Å². The molecule has 0 atom stereocenters. The summed E-state index contributed by atoms with van der Waals surface area (Å²) in [6, 6.07) is 5.01. The maximum absolute atomic E-state index is 13.6. The Morgan fingerprint density at radius 3 is 2.52 bits per heavy atom. The van der Waals surface area contributed by atoms with Crippen LogP contribution in [0, 0.1) is 23.0 Å². The first-order valence-corrected chi connectivity index (χ1v) is 6.74. The fraction of sp³-hybridized carbons (Fsp3) is 0.267. The van der Waals surface area contributed by atoms with Gasteiger partial charge in [-0.15, -0.1) is 0 Å². The van der Waals surface area contributed by atoms with Crippen molar-refractivity contribution in [2.45, 2.75) is 6.42 Å². The number of nitriles is 1. The largest absolute Gasteiger partial charge is 0.370 e. The Hall–Kier alpha value is -2.95. The van der Waals surface area contributed by atoms with Crippen LogP contribution >= 0.6 is 0 Å². The van der Waals surface area contributed by atoms with Crippen LogP contribution in [0.1, 0.15) is 11.1 Å². The average Bonchev–Trinajstić information content (AvgIpc) is 2.52. The molecule has 1 heterocycles. The number of rotatable bonds is 4. The highest BCUT2D eigenvalue weighted by molar-refractivity contribution is 5.51. The Kier molecular flexibility index (Phi) is 4.60. The summed E-state index contributed by atoms with van der Waals surface area (Å²) in [5.41, 5.74) is -1.20. The number of benzene rings is 1. The van der Waals surface area contributed by atoms with Gasteiger partial charge < -0.3 is 5.32 Å². The van der Waals surface area contributed by atoms with Crippen molar-refractivity contribution < 1.29 is 8.78 Å². The molecule has 0 amide bonds.